The number of hydrogen-bond acceptors (Lipinski definition) is 7. The minimum Gasteiger partial charge on any atom is -0.493 e. The second-order valence-corrected chi connectivity index (χ2v) is 17.2. The highest BCUT2D eigenvalue weighted by molar-refractivity contribution is 6.12. The lowest BCUT2D eigenvalue weighted by Gasteiger charge is -2.56. The van der Waals surface area contributed by atoms with E-state index < -0.39 is 5.91 Å². The Morgan fingerprint density at radius 3 is 1.97 bits per heavy atom. The fourth-order valence-electron chi connectivity index (χ4n) is 10.5. The Balaban J connectivity index is 0.776. The predicted molar refractivity (Wildman–Crippen MR) is 228 cm³/mol. The van der Waals surface area contributed by atoms with E-state index in [1.807, 2.05) is 24.3 Å². The van der Waals surface area contributed by atoms with E-state index >= 15 is 0 Å². The van der Waals surface area contributed by atoms with Crippen molar-refractivity contribution in [3.63, 3.8) is 0 Å². The lowest BCUT2D eigenvalue weighted by atomic mass is 9.49. The Kier molecular flexibility index (Phi) is 12.0. The van der Waals surface area contributed by atoms with Gasteiger partial charge >= 0.3 is 0 Å². The third-order valence-electron chi connectivity index (χ3n) is 13.0. The number of hydrogen-bond donors (Lipinski definition) is 4. The largest absolute Gasteiger partial charge is 0.493 e. The standard InChI is InChI=1S/C48H55N5O6/c1-58-42-24-37-16-20-53(30-38(37)25-43(42)59-2)19-15-31-7-13-39(14-8-31)51-47(57)40-5-3-4-6-41(40)52-46(56)36-11-9-35(10-12-36)45(55)50-18-17-49-44(54)29-48-26-32-21-33(27-48)23-34(22-32)28-48/h3-14,24-25,32-34H,15-23,26-30H2,1-2H3,(H,49,54)(H,50,55)(H,51,57)(H,52,56). The zero-order valence-corrected chi connectivity index (χ0v) is 34.1. The van der Waals surface area contributed by atoms with Crippen molar-refractivity contribution in [1.82, 2.24) is 15.5 Å². The molecule has 4 aromatic rings. The van der Waals surface area contributed by atoms with Crippen molar-refractivity contribution >= 4 is 35.0 Å². The number of para-hydroxylation sites is 1. The molecule has 0 atom stereocenters. The van der Waals surface area contributed by atoms with Gasteiger partial charge in [0.15, 0.2) is 11.5 Å². The van der Waals surface area contributed by atoms with Crippen LogP contribution in [0.3, 0.4) is 0 Å². The summed E-state index contributed by atoms with van der Waals surface area (Å²) in [4.78, 5) is 54.8. The van der Waals surface area contributed by atoms with Gasteiger partial charge in [0.05, 0.1) is 25.5 Å². The van der Waals surface area contributed by atoms with Gasteiger partial charge in [0.25, 0.3) is 17.7 Å². The Morgan fingerprint density at radius 2 is 1.31 bits per heavy atom. The molecule has 4 aliphatic carbocycles. The van der Waals surface area contributed by atoms with Crippen LogP contribution >= 0.6 is 0 Å². The van der Waals surface area contributed by atoms with Crippen LogP contribution in [0.25, 0.3) is 0 Å². The molecule has 0 radical (unpaired) electrons. The van der Waals surface area contributed by atoms with Crippen molar-refractivity contribution in [2.45, 2.75) is 64.3 Å². The monoisotopic (exact) mass is 797 g/mol. The van der Waals surface area contributed by atoms with Gasteiger partial charge in [0.1, 0.15) is 0 Å². The summed E-state index contributed by atoms with van der Waals surface area (Å²) in [6, 6.07) is 25.2. The summed E-state index contributed by atoms with van der Waals surface area (Å²) in [5.41, 5.74) is 6.02. The van der Waals surface area contributed by atoms with E-state index in [0.29, 0.717) is 47.6 Å². The average Bonchev–Trinajstić information content (AvgIpc) is 3.23. The molecule has 4 aromatic carbocycles. The molecule has 1 heterocycles. The van der Waals surface area contributed by atoms with Gasteiger partial charge in [-0.05, 0) is 152 Å². The predicted octanol–water partition coefficient (Wildman–Crippen LogP) is 7.26. The molecule has 5 aliphatic rings. The molecular formula is C48H55N5O6. The molecule has 4 fully saturated rings. The van der Waals surface area contributed by atoms with Crippen molar-refractivity contribution in [1.29, 1.82) is 0 Å². The first-order valence-corrected chi connectivity index (χ1v) is 21.1. The van der Waals surface area contributed by atoms with Crippen molar-refractivity contribution in [3.05, 3.63) is 118 Å². The van der Waals surface area contributed by atoms with Crippen LogP contribution in [0, 0.1) is 23.2 Å². The smallest absolute Gasteiger partial charge is 0.257 e. The molecule has 11 heteroatoms. The first-order chi connectivity index (χ1) is 28.7. The second-order valence-electron chi connectivity index (χ2n) is 17.2. The van der Waals surface area contributed by atoms with Gasteiger partial charge < -0.3 is 30.7 Å². The summed E-state index contributed by atoms with van der Waals surface area (Å²) in [7, 11) is 3.32. The number of nitrogens with one attached hydrogen (secondary N) is 4. The van der Waals surface area contributed by atoms with E-state index in [1.54, 1.807) is 62.8 Å². The van der Waals surface area contributed by atoms with Crippen molar-refractivity contribution < 1.29 is 28.7 Å². The maximum Gasteiger partial charge on any atom is 0.257 e. The van der Waals surface area contributed by atoms with Crippen LogP contribution in [0.4, 0.5) is 11.4 Å². The van der Waals surface area contributed by atoms with Crippen LogP contribution in [0.1, 0.15) is 92.7 Å². The van der Waals surface area contributed by atoms with Gasteiger partial charge in [-0.2, -0.15) is 0 Å². The van der Waals surface area contributed by atoms with Gasteiger partial charge in [-0.3, -0.25) is 24.1 Å². The molecule has 11 nitrogen and oxygen atoms in total. The number of benzene rings is 4. The quantitative estimate of drug-likeness (QED) is 0.0930. The van der Waals surface area contributed by atoms with Gasteiger partial charge in [-0.1, -0.05) is 24.3 Å². The highest BCUT2D eigenvalue weighted by Crippen LogP contribution is 2.61. The van der Waals surface area contributed by atoms with Gasteiger partial charge in [0.2, 0.25) is 5.91 Å². The highest BCUT2D eigenvalue weighted by Gasteiger charge is 2.51. The van der Waals surface area contributed by atoms with Crippen LogP contribution in [0.2, 0.25) is 0 Å². The summed E-state index contributed by atoms with van der Waals surface area (Å²) in [6.45, 7) is 3.42. The van der Waals surface area contributed by atoms with E-state index in [-0.39, 0.29) is 23.1 Å². The van der Waals surface area contributed by atoms with E-state index in [2.05, 4.69) is 38.3 Å². The third-order valence-corrected chi connectivity index (χ3v) is 13.0. The van der Waals surface area contributed by atoms with Gasteiger partial charge in [0, 0.05) is 56.0 Å². The SMILES string of the molecule is COc1cc2c(cc1OC)CN(CCc1ccc(NC(=O)c3ccccc3NC(=O)c3ccc(C(=O)NCCNC(=O)CC45CC6CC(CC(C6)C4)C5)cc3)cc1)CC2. The Bertz CT molecular complexity index is 2150. The number of ether oxygens (including phenoxy) is 2. The summed E-state index contributed by atoms with van der Waals surface area (Å²) in [5.74, 6) is 3.00. The van der Waals surface area contributed by atoms with Crippen LogP contribution in [-0.2, 0) is 24.2 Å². The zero-order chi connectivity index (χ0) is 40.9. The number of fused-ring (bicyclic) bond motifs is 1. The van der Waals surface area contributed by atoms with E-state index in [4.69, 9.17) is 9.47 Å². The Labute approximate surface area is 346 Å². The van der Waals surface area contributed by atoms with Gasteiger partial charge in [-0.25, -0.2) is 0 Å². The van der Waals surface area contributed by atoms with E-state index in [1.165, 1.54) is 55.2 Å². The Morgan fingerprint density at radius 1 is 0.695 bits per heavy atom. The van der Waals surface area contributed by atoms with Crippen LogP contribution < -0.4 is 30.7 Å². The molecule has 4 N–H and O–H groups in total. The fraction of sp³-hybridized carbons (Fsp3) is 0.417. The van der Waals surface area contributed by atoms with Crippen LogP contribution in [0.15, 0.2) is 84.9 Å². The van der Waals surface area contributed by atoms with Crippen molar-refractivity contribution in [3.8, 4) is 11.5 Å². The molecule has 0 spiro atoms. The molecule has 59 heavy (non-hydrogen) atoms. The average molecular weight is 798 g/mol. The zero-order valence-electron chi connectivity index (χ0n) is 34.1. The molecule has 308 valence electrons. The molecule has 0 saturated heterocycles. The lowest BCUT2D eigenvalue weighted by molar-refractivity contribution is -0.129. The second kappa shape index (κ2) is 17.7. The summed E-state index contributed by atoms with van der Waals surface area (Å²) >= 11 is 0. The Hall–Kier alpha value is -5.68. The first kappa shape index (κ1) is 40.1. The maximum atomic E-state index is 13.4. The van der Waals surface area contributed by atoms with Crippen molar-refractivity contribution in [2.24, 2.45) is 23.2 Å². The number of rotatable bonds is 15. The van der Waals surface area contributed by atoms with E-state index in [9.17, 15) is 19.2 Å². The molecule has 1 aliphatic heterocycles. The number of nitrogens with zero attached hydrogens (tertiary/aromatic N) is 1. The molecule has 0 unspecified atom stereocenters. The highest BCUT2D eigenvalue weighted by atomic mass is 16.5. The number of amides is 4. The third kappa shape index (κ3) is 9.46. The maximum absolute atomic E-state index is 13.4. The summed E-state index contributed by atoms with van der Waals surface area (Å²) in [5, 5.41) is 11.7. The van der Waals surface area contributed by atoms with Crippen LogP contribution in [-0.4, -0.2) is 68.9 Å². The summed E-state index contributed by atoms with van der Waals surface area (Å²) in [6.07, 6.45) is 10.1. The lowest BCUT2D eigenvalue weighted by Crippen LogP contribution is -2.48. The fourth-order valence-corrected chi connectivity index (χ4v) is 10.5. The molecule has 0 aromatic heterocycles. The minimum atomic E-state index is -0.403. The van der Waals surface area contributed by atoms with Crippen molar-refractivity contribution in [2.75, 3.05) is 51.0 Å². The van der Waals surface area contributed by atoms with Gasteiger partial charge in [-0.15, -0.1) is 0 Å². The minimum absolute atomic E-state index is 0.0841. The normalized spacial score (nSPS) is 21.6. The molecule has 4 amide bonds. The van der Waals surface area contributed by atoms with E-state index in [0.717, 1.165) is 61.7 Å². The molecule has 4 bridgehead atoms. The van der Waals surface area contributed by atoms with Crippen LogP contribution in [0.5, 0.6) is 11.5 Å². The molecular weight excluding hydrogens is 743 g/mol. The number of methoxy groups -OCH3 is 2. The number of carbonyl (C=O) groups excluding carboxylic acids is 4. The molecule has 9 rings (SSSR count). The summed E-state index contributed by atoms with van der Waals surface area (Å²) < 4.78 is 11.0. The molecule has 4 saturated carbocycles. The number of carbonyl (C=O) groups is 4. The first-order valence-electron chi connectivity index (χ1n) is 21.1. The number of anilines is 2. The topological polar surface area (TPSA) is 138 Å².